The van der Waals surface area contributed by atoms with Crippen LogP contribution in [0.5, 0.6) is 0 Å². The first-order chi connectivity index (χ1) is 12.3. The zero-order valence-electron chi connectivity index (χ0n) is 14.0. The van der Waals surface area contributed by atoms with Crippen LogP contribution in [0.1, 0.15) is 29.2 Å². The highest BCUT2D eigenvalue weighted by molar-refractivity contribution is 7.15. The molecular formula is C20H21N3OS. The van der Waals surface area contributed by atoms with Gasteiger partial charge >= 0.3 is 0 Å². The minimum Gasteiger partial charge on any atom is -0.317 e. The van der Waals surface area contributed by atoms with Gasteiger partial charge in [-0.1, -0.05) is 42.5 Å². The molecule has 1 amide bonds. The van der Waals surface area contributed by atoms with Gasteiger partial charge in [-0.05, 0) is 48.2 Å². The number of rotatable bonds is 4. The number of anilines is 1. The Kier molecular flexibility index (Phi) is 4.76. The molecule has 4 rings (SSSR count). The predicted molar refractivity (Wildman–Crippen MR) is 103 cm³/mol. The molecule has 2 heterocycles. The van der Waals surface area contributed by atoms with E-state index in [1.54, 1.807) is 11.3 Å². The molecule has 5 heteroatoms. The summed E-state index contributed by atoms with van der Waals surface area (Å²) in [4.78, 5) is 18.0. The van der Waals surface area contributed by atoms with Crippen molar-refractivity contribution in [2.45, 2.75) is 25.2 Å². The van der Waals surface area contributed by atoms with E-state index in [1.165, 1.54) is 10.3 Å². The topological polar surface area (TPSA) is 54.0 Å². The first kappa shape index (κ1) is 16.2. The summed E-state index contributed by atoms with van der Waals surface area (Å²) >= 11 is 1.61. The van der Waals surface area contributed by atoms with Gasteiger partial charge in [0.05, 0.1) is 6.42 Å². The average molecular weight is 351 g/mol. The zero-order chi connectivity index (χ0) is 17.1. The molecule has 0 spiro atoms. The summed E-state index contributed by atoms with van der Waals surface area (Å²) in [5.74, 6) is 0.561. The zero-order valence-corrected chi connectivity index (χ0v) is 14.8. The number of hydrogen-bond donors (Lipinski definition) is 2. The number of fused-ring (bicyclic) bond motifs is 1. The number of hydrogen-bond acceptors (Lipinski definition) is 4. The number of nitrogens with one attached hydrogen (secondary N) is 2. The van der Waals surface area contributed by atoms with Gasteiger partial charge in [0.15, 0.2) is 5.13 Å². The fraction of sp³-hybridized carbons (Fsp3) is 0.300. The van der Waals surface area contributed by atoms with Crippen LogP contribution in [0.25, 0.3) is 10.8 Å². The third kappa shape index (κ3) is 3.89. The first-order valence-corrected chi connectivity index (χ1v) is 9.53. The molecule has 0 bridgehead atoms. The van der Waals surface area contributed by atoms with Gasteiger partial charge in [-0.25, -0.2) is 4.98 Å². The molecule has 1 aliphatic rings. The number of benzene rings is 2. The third-order valence-electron chi connectivity index (χ3n) is 4.69. The van der Waals surface area contributed by atoms with Crippen LogP contribution in [0.15, 0.2) is 48.7 Å². The Bertz CT molecular complexity index is 883. The van der Waals surface area contributed by atoms with E-state index in [0.717, 1.165) is 36.9 Å². The Hall–Kier alpha value is -2.24. The van der Waals surface area contributed by atoms with Gasteiger partial charge in [-0.3, -0.25) is 4.79 Å². The highest BCUT2D eigenvalue weighted by Crippen LogP contribution is 2.31. The van der Waals surface area contributed by atoms with Gasteiger partial charge in [-0.15, -0.1) is 11.3 Å². The van der Waals surface area contributed by atoms with Crippen molar-refractivity contribution in [1.29, 1.82) is 0 Å². The van der Waals surface area contributed by atoms with E-state index in [0.29, 0.717) is 17.5 Å². The molecule has 0 aliphatic carbocycles. The van der Waals surface area contributed by atoms with Gasteiger partial charge < -0.3 is 10.6 Å². The van der Waals surface area contributed by atoms with Crippen molar-refractivity contribution in [3.63, 3.8) is 0 Å². The van der Waals surface area contributed by atoms with Crippen molar-refractivity contribution in [1.82, 2.24) is 10.3 Å². The average Bonchev–Trinajstić information content (AvgIpc) is 3.10. The molecule has 4 nitrogen and oxygen atoms in total. The Morgan fingerprint density at radius 2 is 1.96 bits per heavy atom. The summed E-state index contributed by atoms with van der Waals surface area (Å²) in [7, 11) is 0. The maximum Gasteiger partial charge on any atom is 0.230 e. The number of thiazole rings is 1. The highest BCUT2D eigenvalue weighted by Gasteiger charge is 2.18. The van der Waals surface area contributed by atoms with E-state index in [4.69, 9.17) is 0 Å². The van der Waals surface area contributed by atoms with Crippen molar-refractivity contribution in [2.24, 2.45) is 0 Å². The van der Waals surface area contributed by atoms with Gasteiger partial charge in [-0.2, -0.15) is 0 Å². The summed E-state index contributed by atoms with van der Waals surface area (Å²) in [6, 6.07) is 14.4. The normalized spacial score (nSPS) is 15.4. The number of amides is 1. The quantitative estimate of drug-likeness (QED) is 0.748. The second kappa shape index (κ2) is 7.33. The van der Waals surface area contributed by atoms with Crippen LogP contribution < -0.4 is 10.6 Å². The van der Waals surface area contributed by atoms with Crippen molar-refractivity contribution < 1.29 is 4.79 Å². The molecule has 1 fully saturated rings. The predicted octanol–water partition coefficient (Wildman–Crippen LogP) is 3.94. The van der Waals surface area contributed by atoms with Crippen molar-refractivity contribution in [2.75, 3.05) is 18.4 Å². The largest absolute Gasteiger partial charge is 0.317 e. The number of nitrogens with zero attached hydrogens (tertiary/aromatic N) is 1. The molecule has 0 atom stereocenters. The maximum absolute atomic E-state index is 12.3. The fourth-order valence-electron chi connectivity index (χ4n) is 3.34. The number of carbonyl (C=O) groups excluding carboxylic acids is 1. The molecule has 1 aliphatic heterocycles. The minimum absolute atomic E-state index is 0.0125. The lowest BCUT2D eigenvalue weighted by Gasteiger charge is -2.20. The van der Waals surface area contributed by atoms with Crippen LogP contribution in [0.2, 0.25) is 0 Å². The molecule has 0 saturated carbocycles. The second-order valence-electron chi connectivity index (χ2n) is 6.50. The lowest BCUT2D eigenvalue weighted by atomic mass is 9.97. The molecule has 0 radical (unpaired) electrons. The molecule has 2 aromatic carbocycles. The maximum atomic E-state index is 12.3. The summed E-state index contributed by atoms with van der Waals surface area (Å²) in [6.07, 6.45) is 4.58. The van der Waals surface area contributed by atoms with Gasteiger partial charge in [0, 0.05) is 11.1 Å². The molecule has 128 valence electrons. The van der Waals surface area contributed by atoms with E-state index in [9.17, 15) is 4.79 Å². The molecule has 1 aromatic heterocycles. The third-order valence-corrected chi connectivity index (χ3v) is 5.77. The minimum atomic E-state index is -0.0125. The standard InChI is InChI=1S/C20H21N3OS/c24-19(12-14-5-6-15-3-1-2-4-17(15)11-14)23-20-22-13-18(25-20)16-7-9-21-10-8-16/h1-6,11,13,16,21H,7-10,12H2,(H,22,23,24). The summed E-state index contributed by atoms with van der Waals surface area (Å²) in [5.41, 5.74) is 1.02. The molecule has 1 saturated heterocycles. The summed E-state index contributed by atoms with van der Waals surface area (Å²) in [5, 5.41) is 9.39. The van der Waals surface area contributed by atoms with E-state index in [-0.39, 0.29) is 5.91 Å². The van der Waals surface area contributed by atoms with Crippen LogP contribution in [-0.2, 0) is 11.2 Å². The molecule has 3 aromatic rings. The Morgan fingerprint density at radius 3 is 2.80 bits per heavy atom. The number of aromatic nitrogens is 1. The Morgan fingerprint density at radius 1 is 1.16 bits per heavy atom. The fourth-order valence-corrected chi connectivity index (χ4v) is 4.34. The summed E-state index contributed by atoms with van der Waals surface area (Å²) in [6.45, 7) is 2.12. The smallest absolute Gasteiger partial charge is 0.230 e. The van der Waals surface area contributed by atoms with Crippen molar-refractivity contribution >= 4 is 33.1 Å². The van der Waals surface area contributed by atoms with Crippen LogP contribution in [-0.4, -0.2) is 24.0 Å². The Labute approximate surface area is 151 Å². The molecular weight excluding hydrogens is 330 g/mol. The van der Waals surface area contributed by atoms with Crippen LogP contribution in [0.4, 0.5) is 5.13 Å². The van der Waals surface area contributed by atoms with E-state index in [1.807, 2.05) is 24.4 Å². The molecule has 25 heavy (non-hydrogen) atoms. The van der Waals surface area contributed by atoms with E-state index in [2.05, 4.69) is 39.9 Å². The van der Waals surface area contributed by atoms with E-state index < -0.39 is 0 Å². The van der Waals surface area contributed by atoms with Crippen LogP contribution >= 0.6 is 11.3 Å². The molecule has 0 unspecified atom stereocenters. The first-order valence-electron chi connectivity index (χ1n) is 8.72. The van der Waals surface area contributed by atoms with E-state index >= 15 is 0 Å². The monoisotopic (exact) mass is 351 g/mol. The van der Waals surface area contributed by atoms with Gasteiger partial charge in [0.2, 0.25) is 5.91 Å². The molecule has 2 N–H and O–H groups in total. The van der Waals surface area contributed by atoms with Crippen LogP contribution in [0.3, 0.4) is 0 Å². The van der Waals surface area contributed by atoms with Gasteiger partial charge in [0.25, 0.3) is 0 Å². The number of piperidine rings is 1. The van der Waals surface area contributed by atoms with Gasteiger partial charge in [0.1, 0.15) is 0 Å². The van der Waals surface area contributed by atoms with Crippen molar-refractivity contribution in [3.8, 4) is 0 Å². The van der Waals surface area contributed by atoms with Crippen molar-refractivity contribution in [3.05, 3.63) is 59.1 Å². The lowest BCUT2D eigenvalue weighted by Crippen LogP contribution is -2.26. The summed E-state index contributed by atoms with van der Waals surface area (Å²) < 4.78 is 0. The van der Waals surface area contributed by atoms with Crippen LogP contribution in [0, 0.1) is 0 Å². The number of carbonyl (C=O) groups is 1. The lowest BCUT2D eigenvalue weighted by molar-refractivity contribution is -0.115. The highest BCUT2D eigenvalue weighted by atomic mass is 32.1. The SMILES string of the molecule is O=C(Cc1ccc2ccccc2c1)Nc1ncc(C2CCNCC2)s1. The second-order valence-corrected chi connectivity index (χ2v) is 7.56. The Balaban J connectivity index is 1.40.